The molecule has 0 amide bonds. The highest BCUT2D eigenvalue weighted by Crippen LogP contribution is 2.40. The van der Waals surface area contributed by atoms with Gasteiger partial charge in [0.1, 0.15) is 0 Å². The molecule has 0 aliphatic heterocycles. The third kappa shape index (κ3) is 1.86. The van der Waals surface area contributed by atoms with Gasteiger partial charge < -0.3 is 5.73 Å². The number of fused-ring (bicyclic) bond motifs is 2. The summed E-state index contributed by atoms with van der Waals surface area (Å²) in [6.07, 6.45) is 0. The fourth-order valence-electron chi connectivity index (χ4n) is 3.27. The van der Waals surface area contributed by atoms with Crippen LogP contribution in [0.1, 0.15) is 5.56 Å². The second-order valence-electron chi connectivity index (χ2n) is 5.75. The first kappa shape index (κ1) is 12.9. The van der Waals surface area contributed by atoms with Gasteiger partial charge in [0.15, 0.2) is 0 Å². The van der Waals surface area contributed by atoms with E-state index in [9.17, 15) is 0 Å². The van der Waals surface area contributed by atoms with E-state index in [1.54, 1.807) is 0 Å². The van der Waals surface area contributed by atoms with Gasteiger partial charge in [-0.2, -0.15) is 0 Å². The van der Waals surface area contributed by atoms with E-state index in [2.05, 4.69) is 67.6 Å². The van der Waals surface area contributed by atoms with E-state index in [0.717, 1.165) is 16.5 Å². The zero-order chi connectivity index (χ0) is 15.1. The van der Waals surface area contributed by atoms with E-state index in [1.165, 1.54) is 27.5 Å². The van der Waals surface area contributed by atoms with Gasteiger partial charge in [-0.3, -0.25) is 0 Å². The van der Waals surface area contributed by atoms with Gasteiger partial charge in [-0.1, -0.05) is 78.4 Å². The normalized spacial score (nSPS) is 11.1. The molecule has 0 saturated carbocycles. The lowest BCUT2D eigenvalue weighted by Gasteiger charge is -2.15. The van der Waals surface area contributed by atoms with E-state index >= 15 is 0 Å². The molecule has 2 N–H and O–H groups in total. The van der Waals surface area contributed by atoms with Crippen LogP contribution in [0.4, 0.5) is 5.69 Å². The molecule has 0 spiro atoms. The predicted molar refractivity (Wildman–Crippen MR) is 96.0 cm³/mol. The lowest BCUT2D eigenvalue weighted by molar-refractivity contribution is 1.47. The smallest absolute Gasteiger partial charge is 0.0473 e. The molecule has 0 unspecified atom stereocenters. The second kappa shape index (κ2) is 4.88. The summed E-state index contributed by atoms with van der Waals surface area (Å²) in [7, 11) is 0. The molecule has 1 nitrogen and oxygen atoms in total. The molecule has 1 heteroatoms. The number of hydrogen-bond acceptors (Lipinski definition) is 1. The molecule has 4 rings (SSSR count). The Morgan fingerprint density at radius 2 is 1.18 bits per heavy atom. The fourth-order valence-corrected chi connectivity index (χ4v) is 3.27. The van der Waals surface area contributed by atoms with E-state index in [0.29, 0.717) is 0 Å². The molecule has 4 aromatic carbocycles. The average Bonchev–Trinajstić information content (AvgIpc) is 2.55. The summed E-state index contributed by atoms with van der Waals surface area (Å²) in [5, 5.41) is 4.67. The highest BCUT2D eigenvalue weighted by atomic mass is 14.6. The van der Waals surface area contributed by atoms with Gasteiger partial charge in [0.25, 0.3) is 0 Å². The predicted octanol–water partition coefficient (Wildman–Crippen LogP) is 5.55. The molecule has 106 valence electrons. The Morgan fingerprint density at radius 1 is 0.636 bits per heavy atom. The van der Waals surface area contributed by atoms with Crippen molar-refractivity contribution in [2.45, 2.75) is 6.92 Å². The van der Waals surface area contributed by atoms with Gasteiger partial charge in [0, 0.05) is 16.5 Å². The topological polar surface area (TPSA) is 26.0 Å². The molecule has 0 saturated heterocycles. The minimum Gasteiger partial charge on any atom is -0.398 e. The molecular formula is C21H17N. The minimum atomic E-state index is 0.864. The van der Waals surface area contributed by atoms with Crippen LogP contribution in [0.25, 0.3) is 32.7 Å². The minimum absolute atomic E-state index is 0.864. The third-order valence-corrected chi connectivity index (χ3v) is 4.28. The van der Waals surface area contributed by atoms with Crippen LogP contribution >= 0.6 is 0 Å². The van der Waals surface area contributed by atoms with Gasteiger partial charge in [0.2, 0.25) is 0 Å². The zero-order valence-corrected chi connectivity index (χ0v) is 12.5. The number of benzene rings is 4. The summed E-state index contributed by atoms with van der Waals surface area (Å²) in [5.41, 5.74) is 11.1. The molecule has 0 fully saturated rings. The second-order valence-corrected chi connectivity index (χ2v) is 5.75. The SMILES string of the molecule is Cc1cccc(-c2c3ccccc3c(N)c3ccccc23)c1. The first-order chi connectivity index (χ1) is 10.8. The maximum atomic E-state index is 6.43. The first-order valence-electron chi connectivity index (χ1n) is 7.51. The van der Waals surface area contributed by atoms with E-state index < -0.39 is 0 Å². The van der Waals surface area contributed by atoms with Crippen molar-refractivity contribution in [3.8, 4) is 11.1 Å². The molecule has 22 heavy (non-hydrogen) atoms. The Bertz CT molecular complexity index is 942. The molecule has 0 aliphatic carbocycles. The number of nitrogens with two attached hydrogens (primary N) is 1. The summed E-state index contributed by atoms with van der Waals surface area (Å²) >= 11 is 0. The summed E-state index contributed by atoms with van der Waals surface area (Å²) in [6, 6.07) is 25.5. The van der Waals surface area contributed by atoms with Gasteiger partial charge >= 0.3 is 0 Å². The van der Waals surface area contributed by atoms with Crippen LogP contribution in [-0.2, 0) is 0 Å². The first-order valence-corrected chi connectivity index (χ1v) is 7.51. The molecule has 0 bridgehead atoms. The third-order valence-electron chi connectivity index (χ3n) is 4.28. The Labute approximate surface area is 130 Å². The summed E-state index contributed by atoms with van der Waals surface area (Å²) in [4.78, 5) is 0. The fraction of sp³-hybridized carbons (Fsp3) is 0.0476. The molecule has 0 atom stereocenters. The molecule has 0 heterocycles. The number of hydrogen-bond donors (Lipinski definition) is 1. The van der Waals surface area contributed by atoms with E-state index in [4.69, 9.17) is 5.73 Å². The van der Waals surface area contributed by atoms with Crippen LogP contribution < -0.4 is 5.73 Å². The Morgan fingerprint density at radius 3 is 1.73 bits per heavy atom. The van der Waals surface area contributed by atoms with Crippen molar-refractivity contribution in [1.29, 1.82) is 0 Å². The van der Waals surface area contributed by atoms with Gasteiger partial charge in [0.05, 0.1) is 0 Å². The molecule has 0 aliphatic rings. The van der Waals surface area contributed by atoms with Crippen molar-refractivity contribution >= 4 is 27.2 Å². The number of aryl methyl sites for hydroxylation is 1. The zero-order valence-electron chi connectivity index (χ0n) is 12.5. The maximum Gasteiger partial charge on any atom is 0.0473 e. The van der Waals surface area contributed by atoms with Crippen LogP contribution in [0.15, 0.2) is 72.8 Å². The Balaban J connectivity index is 2.26. The average molecular weight is 283 g/mol. The van der Waals surface area contributed by atoms with Crippen LogP contribution in [0, 0.1) is 6.92 Å². The summed E-state index contributed by atoms with van der Waals surface area (Å²) in [6.45, 7) is 2.13. The molecule has 0 radical (unpaired) electrons. The van der Waals surface area contributed by atoms with Crippen molar-refractivity contribution in [3.63, 3.8) is 0 Å². The van der Waals surface area contributed by atoms with Crippen LogP contribution in [0.5, 0.6) is 0 Å². The van der Waals surface area contributed by atoms with Gasteiger partial charge in [-0.05, 0) is 28.8 Å². The Kier molecular flexibility index (Phi) is 2.87. The van der Waals surface area contributed by atoms with E-state index in [1.807, 2.05) is 12.1 Å². The van der Waals surface area contributed by atoms with Crippen molar-refractivity contribution in [2.75, 3.05) is 5.73 Å². The molecule has 0 aromatic heterocycles. The lowest BCUT2D eigenvalue weighted by Crippen LogP contribution is -1.93. The molecular weight excluding hydrogens is 266 g/mol. The van der Waals surface area contributed by atoms with Gasteiger partial charge in [-0.15, -0.1) is 0 Å². The van der Waals surface area contributed by atoms with E-state index in [-0.39, 0.29) is 0 Å². The van der Waals surface area contributed by atoms with Crippen LogP contribution in [0.3, 0.4) is 0 Å². The van der Waals surface area contributed by atoms with Gasteiger partial charge in [-0.25, -0.2) is 0 Å². The highest BCUT2D eigenvalue weighted by molar-refractivity contribution is 6.19. The number of nitrogen functional groups attached to an aromatic ring is 1. The summed E-state index contributed by atoms with van der Waals surface area (Å²) in [5.74, 6) is 0. The summed E-state index contributed by atoms with van der Waals surface area (Å²) < 4.78 is 0. The Hall–Kier alpha value is -2.80. The standard InChI is InChI=1S/C21H17N/c1-14-7-6-8-15(13-14)20-16-9-2-4-11-18(16)21(22)19-12-5-3-10-17(19)20/h2-13H,22H2,1H3. The quantitative estimate of drug-likeness (QED) is 0.359. The lowest BCUT2D eigenvalue weighted by atomic mass is 9.90. The van der Waals surface area contributed by atoms with Crippen molar-refractivity contribution < 1.29 is 0 Å². The monoisotopic (exact) mass is 283 g/mol. The van der Waals surface area contributed by atoms with Crippen LogP contribution in [-0.4, -0.2) is 0 Å². The number of rotatable bonds is 1. The van der Waals surface area contributed by atoms with Crippen molar-refractivity contribution in [3.05, 3.63) is 78.4 Å². The van der Waals surface area contributed by atoms with Crippen molar-refractivity contribution in [2.24, 2.45) is 0 Å². The number of anilines is 1. The largest absolute Gasteiger partial charge is 0.398 e. The van der Waals surface area contributed by atoms with Crippen LogP contribution in [0.2, 0.25) is 0 Å². The highest BCUT2D eigenvalue weighted by Gasteiger charge is 2.12. The van der Waals surface area contributed by atoms with Crippen molar-refractivity contribution in [1.82, 2.24) is 0 Å². The molecule has 4 aromatic rings. The maximum absolute atomic E-state index is 6.43.